The Kier molecular flexibility index (Phi) is 8.35. The fraction of sp³-hybridized carbons (Fsp3) is 0.222. The summed E-state index contributed by atoms with van der Waals surface area (Å²) in [6.45, 7) is 0.0210. The molecule has 1 atom stereocenters. The Hall–Kier alpha value is -4.82. The number of non-ortho nitro benzene ring substituents is 1. The van der Waals surface area contributed by atoms with Crippen molar-refractivity contribution in [2.75, 3.05) is 25.7 Å². The summed E-state index contributed by atoms with van der Waals surface area (Å²) in [5.41, 5.74) is 0.771. The van der Waals surface area contributed by atoms with Crippen LogP contribution in [0.1, 0.15) is 22.3 Å². The molecule has 1 aliphatic rings. The Morgan fingerprint density at radius 2 is 1.66 bits per heavy atom. The number of benzene rings is 3. The number of rotatable bonds is 10. The lowest BCUT2D eigenvalue weighted by molar-refractivity contribution is -0.384. The number of nitro benzene ring substituents is 1. The van der Waals surface area contributed by atoms with E-state index in [1.165, 1.54) is 67.7 Å². The summed E-state index contributed by atoms with van der Waals surface area (Å²) in [5, 5.41) is 16.2. The number of primary sulfonamides is 1. The first-order chi connectivity index (χ1) is 19.4. The topological polar surface area (TPSA) is 179 Å². The second kappa shape index (κ2) is 11.7. The monoisotopic (exact) mass is 582 g/mol. The van der Waals surface area contributed by atoms with Gasteiger partial charge in [0.2, 0.25) is 15.9 Å². The van der Waals surface area contributed by atoms with Crippen LogP contribution >= 0.6 is 0 Å². The van der Waals surface area contributed by atoms with Gasteiger partial charge in [0.15, 0.2) is 11.5 Å². The summed E-state index contributed by atoms with van der Waals surface area (Å²) in [4.78, 5) is 52.7. The van der Waals surface area contributed by atoms with Crippen LogP contribution in [-0.2, 0) is 26.0 Å². The summed E-state index contributed by atoms with van der Waals surface area (Å²) in [6, 6.07) is 13.9. The second-order valence-corrected chi connectivity index (χ2v) is 10.6. The van der Waals surface area contributed by atoms with Gasteiger partial charge in [0.1, 0.15) is 6.04 Å². The molecule has 1 aliphatic heterocycles. The second-order valence-electron chi connectivity index (χ2n) is 9.07. The van der Waals surface area contributed by atoms with E-state index in [1.54, 1.807) is 18.2 Å². The van der Waals surface area contributed by atoms with E-state index in [0.717, 1.165) is 10.5 Å². The molecule has 0 radical (unpaired) electrons. The van der Waals surface area contributed by atoms with Crippen LogP contribution in [-0.4, -0.2) is 62.8 Å². The standard InChI is InChI=1S/C27H26N4O9S/c1-39-23-12-3-17(15-24(23)40-2)13-14-29(26(33)18-4-6-20(7-5-18)31(35)36)22-16-25(32)30(27(22)34)19-8-10-21(11-9-19)41(28,37)38/h3-12,15,22H,13-14,16H2,1-2H3,(H2,28,37,38). The van der Waals surface area contributed by atoms with Crippen LogP contribution in [0.2, 0.25) is 0 Å². The van der Waals surface area contributed by atoms with Crippen LogP contribution in [0.15, 0.2) is 71.6 Å². The number of carbonyl (C=O) groups excluding carboxylic acids is 3. The first-order valence-electron chi connectivity index (χ1n) is 12.2. The highest BCUT2D eigenvalue weighted by molar-refractivity contribution is 7.89. The largest absolute Gasteiger partial charge is 0.493 e. The zero-order chi connectivity index (χ0) is 29.9. The Balaban J connectivity index is 1.65. The molecule has 1 saturated heterocycles. The molecule has 0 aromatic heterocycles. The molecule has 1 unspecified atom stereocenters. The Morgan fingerprint density at radius 3 is 2.22 bits per heavy atom. The van der Waals surface area contributed by atoms with Crippen molar-refractivity contribution in [1.82, 2.24) is 4.90 Å². The highest BCUT2D eigenvalue weighted by atomic mass is 32.2. The van der Waals surface area contributed by atoms with Crippen molar-refractivity contribution >= 4 is 39.1 Å². The third-order valence-electron chi connectivity index (χ3n) is 6.60. The first kappa shape index (κ1) is 29.2. The number of nitrogens with two attached hydrogens (primary N) is 1. The molecule has 0 aliphatic carbocycles. The van der Waals surface area contributed by atoms with Crippen molar-refractivity contribution in [2.45, 2.75) is 23.8 Å². The van der Waals surface area contributed by atoms with Gasteiger partial charge < -0.3 is 14.4 Å². The molecule has 14 heteroatoms. The van der Waals surface area contributed by atoms with Crippen molar-refractivity contribution in [3.63, 3.8) is 0 Å². The number of methoxy groups -OCH3 is 2. The summed E-state index contributed by atoms with van der Waals surface area (Å²) in [7, 11) is -1.00. The van der Waals surface area contributed by atoms with E-state index in [4.69, 9.17) is 14.6 Å². The summed E-state index contributed by atoms with van der Waals surface area (Å²) >= 11 is 0. The Morgan fingerprint density at radius 1 is 1.02 bits per heavy atom. The van der Waals surface area contributed by atoms with Gasteiger partial charge >= 0.3 is 0 Å². The average molecular weight is 583 g/mol. The van der Waals surface area contributed by atoms with Crippen LogP contribution < -0.4 is 19.5 Å². The number of nitrogens with zero attached hydrogens (tertiary/aromatic N) is 3. The number of amides is 3. The van der Waals surface area contributed by atoms with Gasteiger partial charge in [-0.25, -0.2) is 18.5 Å². The number of ether oxygens (including phenoxy) is 2. The SMILES string of the molecule is COc1ccc(CCN(C(=O)c2ccc([N+](=O)[O-])cc2)C2CC(=O)N(c3ccc(S(N)(=O)=O)cc3)C2=O)cc1OC. The fourth-order valence-electron chi connectivity index (χ4n) is 4.49. The first-order valence-corrected chi connectivity index (χ1v) is 13.7. The maximum Gasteiger partial charge on any atom is 0.269 e. The quantitative estimate of drug-likeness (QED) is 0.213. The zero-order valence-electron chi connectivity index (χ0n) is 22.1. The van der Waals surface area contributed by atoms with Crippen LogP contribution in [0, 0.1) is 10.1 Å². The number of imide groups is 1. The molecule has 4 rings (SSSR count). The van der Waals surface area contributed by atoms with Gasteiger partial charge in [-0.2, -0.15) is 0 Å². The van der Waals surface area contributed by atoms with Crippen LogP contribution in [0.5, 0.6) is 11.5 Å². The van der Waals surface area contributed by atoms with E-state index in [-0.39, 0.29) is 41.2 Å². The molecule has 0 spiro atoms. The maximum atomic E-state index is 13.7. The third-order valence-corrected chi connectivity index (χ3v) is 7.53. The van der Waals surface area contributed by atoms with Gasteiger partial charge in [0.05, 0.1) is 36.1 Å². The molecule has 41 heavy (non-hydrogen) atoms. The average Bonchev–Trinajstić information content (AvgIpc) is 3.25. The minimum absolute atomic E-state index is 0.0210. The summed E-state index contributed by atoms with van der Waals surface area (Å²) in [6.07, 6.45) is -0.0411. The third kappa shape index (κ3) is 6.18. The summed E-state index contributed by atoms with van der Waals surface area (Å²) < 4.78 is 33.8. The van der Waals surface area contributed by atoms with E-state index < -0.39 is 38.7 Å². The minimum Gasteiger partial charge on any atom is -0.493 e. The highest BCUT2D eigenvalue weighted by Gasteiger charge is 2.44. The molecule has 2 N–H and O–H groups in total. The van der Waals surface area contributed by atoms with E-state index in [2.05, 4.69) is 0 Å². The van der Waals surface area contributed by atoms with Crippen LogP contribution in [0.25, 0.3) is 0 Å². The molecule has 0 bridgehead atoms. The van der Waals surface area contributed by atoms with Crippen molar-refractivity contribution in [3.8, 4) is 11.5 Å². The molecule has 214 valence electrons. The maximum absolute atomic E-state index is 13.7. The number of nitro groups is 1. The molecule has 3 aromatic rings. The summed E-state index contributed by atoms with van der Waals surface area (Å²) in [5.74, 6) is -0.884. The lowest BCUT2D eigenvalue weighted by Gasteiger charge is -2.28. The predicted octanol–water partition coefficient (Wildman–Crippen LogP) is 2.28. The minimum atomic E-state index is -3.99. The van der Waals surface area contributed by atoms with Gasteiger partial charge in [-0.15, -0.1) is 0 Å². The highest BCUT2D eigenvalue weighted by Crippen LogP contribution is 2.30. The molecular weight excluding hydrogens is 556 g/mol. The van der Waals surface area contributed by atoms with Gasteiger partial charge in [-0.05, 0) is 60.5 Å². The normalized spacial score (nSPS) is 15.1. The van der Waals surface area contributed by atoms with Crippen LogP contribution in [0.4, 0.5) is 11.4 Å². The van der Waals surface area contributed by atoms with E-state index in [0.29, 0.717) is 11.5 Å². The van der Waals surface area contributed by atoms with Gasteiger partial charge in [0.25, 0.3) is 17.5 Å². The molecule has 3 amide bonds. The van der Waals surface area contributed by atoms with Crippen molar-refractivity contribution < 1.29 is 37.2 Å². The van der Waals surface area contributed by atoms with E-state index in [1.807, 2.05) is 0 Å². The predicted molar refractivity (Wildman–Crippen MR) is 146 cm³/mol. The van der Waals surface area contributed by atoms with E-state index >= 15 is 0 Å². The molecule has 13 nitrogen and oxygen atoms in total. The van der Waals surface area contributed by atoms with Crippen molar-refractivity contribution in [2.24, 2.45) is 5.14 Å². The fourth-order valence-corrected chi connectivity index (χ4v) is 5.01. The molecule has 1 heterocycles. The molecule has 3 aromatic carbocycles. The number of carbonyl (C=O) groups is 3. The smallest absolute Gasteiger partial charge is 0.269 e. The number of hydrogen-bond acceptors (Lipinski definition) is 9. The zero-order valence-corrected chi connectivity index (χ0v) is 22.9. The number of sulfonamides is 1. The van der Waals surface area contributed by atoms with Crippen LogP contribution in [0.3, 0.4) is 0 Å². The molecule has 1 fully saturated rings. The van der Waals surface area contributed by atoms with E-state index in [9.17, 15) is 32.9 Å². The lowest BCUT2D eigenvalue weighted by atomic mass is 10.1. The van der Waals surface area contributed by atoms with Gasteiger partial charge in [-0.1, -0.05) is 6.07 Å². The molecular formula is C27H26N4O9S. The van der Waals surface area contributed by atoms with Gasteiger partial charge in [0, 0.05) is 24.2 Å². The van der Waals surface area contributed by atoms with Crippen molar-refractivity contribution in [3.05, 3.63) is 88.0 Å². The van der Waals surface area contributed by atoms with Gasteiger partial charge in [-0.3, -0.25) is 24.5 Å². The van der Waals surface area contributed by atoms with Crippen molar-refractivity contribution in [1.29, 1.82) is 0 Å². The lowest BCUT2D eigenvalue weighted by Crippen LogP contribution is -2.46. The number of anilines is 1. The Bertz CT molecular complexity index is 1610. The Labute approximate surface area is 235 Å². The molecule has 0 saturated carbocycles. The number of hydrogen-bond donors (Lipinski definition) is 1.